The van der Waals surface area contributed by atoms with E-state index in [9.17, 15) is 19.7 Å². The number of nitrogens with zero attached hydrogens (tertiary/aromatic N) is 3. The molecule has 0 spiro atoms. The number of rotatable bonds is 3. The van der Waals surface area contributed by atoms with E-state index in [4.69, 9.17) is 11.6 Å². The Hall–Kier alpha value is -2.43. The second-order valence-corrected chi connectivity index (χ2v) is 8.83. The molecular weight excluding hydrogens is 424 g/mol. The van der Waals surface area contributed by atoms with Crippen LogP contribution in [0, 0.1) is 16.0 Å². The Labute approximate surface area is 185 Å². The van der Waals surface area contributed by atoms with Crippen molar-refractivity contribution in [3.8, 4) is 0 Å². The zero-order valence-electron chi connectivity index (χ0n) is 17.1. The van der Waals surface area contributed by atoms with Crippen molar-refractivity contribution < 1.29 is 14.5 Å². The third-order valence-corrected chi connectivity index (χ3v) is 6.73. The van der Waals surface area contributed by atoms with E-state index >= 15 is 0 Å². The van der Waals surface area contributed by atoms with E-state index < -0.39 is 12.1 Å². The fraction of sp³-hybridized carbons (Fsp3) is 0.600. The molecule has 0 aromatic heterocycles. The van der Waals surface area contributed by atoms with Crippen LogP contribution in [0.25, 0.3) is 0 Å². The van der Waals surface area contributed by atoms with E-state index in [2.05, 4.69) is 16.2 Å². The molecule has 168 valence electrons. The topological polar surface area (TPSA) is 120 Å². The van der Waals surface area contributed by atoms with Crippen LogP contribution < -0.4 is 16.2 Å². The lowest BCUT2D eigenvalue weighted by Gasteiger charge is -2.31. The first-order valence-electron chi connectivity index (χ1n) is 10.7. The lowest BCUT2D eigenvalue weighted by Crippen LogP contribution is -2.50. The highest BCUT2D eigenvalue weighted by Crippen LogP contribution is 2.32. The first kappa shape index (κ1) is 21.8. The minimum absolute atomic E-state index is 0.0519. The van der Waals surface area contributed by atoms with E-state index in [0.29, 0.717) is 62.6 Å². The van der Waals surface area contributed by atoms with Gasteiger partial charge in [-0.3, -0.25) is 20.3 Å². The molecule has 2 aliphatic heterocycles. The van der Waals surface area contributed by atoms with Gasteiger partial charge in [0.05, 0.1) is 0 Å². The molecule has 0 bridgehead atoms. The molecule has 4 atom stereocenters. The number of hydrogen-bond acceptors (Lipinski definition) is 6. The van der Waals surface area contributed by atoms with Crippen molar-refractivity contribution in [3.63, 3.8) is 0 Å². The van der Waals surface area contributed by atoms with Gasteiger partial charge >= 0.3 is 6.03 Å². The SMILES string of the molecule is O=C(Nc1ccc(Cl)cc1)N1CCCN(C(=O)C2NNC3CCC([N+](=O)[O-])CC32)CC1. The molecule has 3 aliphatic rings. The van der Waals surface area contributed by atoms with Gasteiger partial charge in [0.25, 0.3) is 0 Å². The molecule has 1 aromatic rings. The molecule has 3 N–H and O–H groups in total. The second-order valence-electron chi connectivity index (χ2n) is 8.39. The molecule has 2 saturated heterocycles. The summed E-state index contributed by atoms with van der Waals surface area (Å²) in [6.07, 6.45) is 2.29. The van der Waals surface area contributed by atoms with Crippen LogP contribution in [0.3, 0.4) is 0 Å². The van der Waals surface area contributed by atoms with Gasteiger partial charge in [-0.2, -0.15) is 0 Å². The number of benzene rings is 1. The Morgan fingerprint density at radius 3 is 2.52 bits per heavy atom. The van der Waals surface area contributed by atoms with Crippen molar-refractivity contribution in [2.75, 3.05) is 31.5 Å². The van der Waals surface area contributed by atoms with Crippen LogP contribution in [0.2, 0.25) is 5.02 Å². The molecule has 4 rings (SSSR count). The van der Waals surface area contributed by atoms with Crippen molar-refractivity contribution in [1.82, 2.24) is 20.7 Å². The molecular formula is C20H27ClN6O4. The molecule has 1 aliphatic carbocycles. The van der Waals surface area contributed by atoms with Crippen LogP contribution in [-0.2, 0) is 4.79 Å². The summed E-state index contributed by atoms with van der Waals surface area (Å²) in [4.78, 5) is 40.3. The van der Waals surface area contributed by atoms with E-state index in [1.54, 1.807) is 34.1 Å². The average molecular weight is 451 g/mol. The number of carbonyl (C=O) groups is 2. The fourth-order valence-corrected chi connectivity index (χ4v) is 4.87. The summed E-state index contributed by atoms with van der Waals surface area (Å²) in [7, 11) is 0. The Balaban J connectivity index is 1.34. The number of hydrazine groups is 1. The average Bonchev–Trinajstić information content (AvgIpc) is 3.02. The highest BCUT2D eigenvalue weighted by Gasteiger charge is 2.47. The smallest absolute Gasteiger partial charge is 0.321 e. The number of nitro groups is 1. The number of fused-ring (bicyclic) bond motifs is 1. The molecule has 11 heteroatoms. The first-order chi connectivity index (χ1) is 14.9. The van der Waals surface area contributed by atoms with E-state index in [0.717, 1.165) is 0 Å². The molecule has 10 nitrogen and oxygen atoms in total. The number of amides is 3. The summed E-state index contributed by atoms with van der Waals surface area (Å²) < 4.78 is 0. The number of carbonyl (C=O) groups excluding carboxylic acids is 2. The zero-order valence-corrected chi connectivity index (χ0v) is 17.9. The van der Waals surface area contributed by atoms with Gasteiger partial charge in [-0.15, -0.1) is 0 Å². The summed E-state index contributed by atoms with van der Waals surface area (Å²) in [6, 6.07) is 5.72. The monoisotopic (exact) mass is 450 g/mol. The number of nitrogens with one attached hydrogen (secondary N) is 3. The first-order valence-corrected chi connectivity index (χ1v) is 11.0. The molecule has 31 heavy (non-hydrogen) atoms. The minimum atomic E-state index is -0.588. The van der Waals surface area contributed by atoms with Crippen LogP contribution in [0.1, 0.15) is 25.7 Å². The molecule has 2 heterocycles. The Bertz CT molecular complexity index is 837. The lowest BCUT2D eigenvalue weighted by molar-refractivity contribution is -0.528. The molecule has 1 aromatic carbocycles. The number of anilines is 1. The van der Waals surface area contributed by atoms with Crippen LogP contribution in [0.15, 0.2) is 24.3 Å². The maximum atomic E-state index is 13.2. The van der Waals surface area contributed by atoms with Gasteiger partial charge < -0.3 is 15.1 Å². The third kappa shape index (κ3) is 4.91. The van der Waals surface area contributed by atoms with Crippen molar-refractivity contribution in [2.45, 2.75) is 43.8 Å². The summed E-state index contributed by atoms with van der Waals surface area (Å²) in [5.41, 5.74) is 6.90. The standard InChI is InChI=1S/C20H27ClN6O4/c21-13-2-4-14(5-3-13)22-20(29)26-9-1-8-25(10-11-26)19(28)18-16-12-15(27(30)31)6-7-17(16)23-24-18/h2-5,15-18,23-24H,1,6-12H2,(H,22,29). The Morgan fingerprint density at radius 2 is 1.77 bits per heavy atom. The summed E-state index contributed by atoms with van der Waals surface area (Å²) in [5.74, 6) is -0.145. The van der Waals surface area contributed by atoms with Crippen molar-refractivity contribution in [2.24, 2.45) is 5.92 Å². The third-order valence-electron chi connectivity index (χ3n) is 6.48. The van der Waals surface area contributed by atoms with Gasteiger partial charge in [-0.25, -0.2) is 10.2 Å². The van der Waals surface area contributed by atoms with E-state index in [1.165, 1.54) is 0 Å². The largest absolute Gasteiger partial charge is 0.339 e. The number of hydrogen-bond donors (Lipinski definition) is 3. The van der Waals surface area contributed by atoms with Crippen molar-refractivity contribution in [3.05, 3.63) is 39.4 Å². The molecule has 3 fully saturated rings. The van der Waals surface area contributed by atoms with Gasteiger partial charge in [0, 0.05) is 66.6 Å². The maximum absolute atomic E-state index is 13.2. The Morgan fingerprint density at radius 1 is 1.06 bits per heavy atom. The van der Waals surface area contributed by atoms with Crippen LogP contribution in [0.5, 0.6) is 0 Å². The maximum Gasteiger partial charge on any atom is 0.321 e. The summed E-state index contributed by atoms with van der Waals surface area (Å²) in [5, 5.41) is 14.7. The fourth-order valence-electron chi connectivity index (χ4n) is 4.74. The number of urea groups is 1. The van der Waals surface area contributed by atoms with Crippen molar-refractivity contribution in [1.29, 1.82) is 0 Å². The highest BCUT2D eigenvalue weighted by atomic mass is 35.5. The normalized spacial score (nSPS) is 28.5. The predicted octanol–water partition coefficient (Wildman–Crippen LogP) is 1.70. The van der Waals surface area contributed by atoms with Crippen LogP contribution >= 0.6 is 11.6 Å². The lowest BCUT2D eigenvalue weighted by atomic mass is 9.79. The molecule has 3 amide bonds. The van der Waals surface area contributed by atoms with E-state index in [-0.39, 0.29) is 28.8 Å². The Kier molecular flexibility index (Phi) is 6.59. The summed E-state index contributed by atoms with van der Waals surface area (Å²) in [6.45, 7) is 1.96. The van der Waals surface area contributed by atoms with Crippen molar-refractivity contribution >= 4 is 29.2 Å². The second kappa shape index (κ2) is 9.37. The van der Waals surface area contributed by atoms with Gasteiger partial charge in [0.15, 0.2) is 0 Å². The quantitative estimate of drug-likeness (QED) is 0.476. The number of halogens is 1. The van der Waals surface area contributed by atoms with E-state index in [1.807, 2.05) is 0 Å². The van der Waals surface area contributed by atoms with Crippen LogP contribution in [-0.4, -0.2) is 71.0 Å². The highest BCUT2D eigenvalue weighted by molar-refractivity contribution is 6.30. The minimum Gasteiger partial charge on any atom is -0.339 e. The molecule has 4 unspecified atom stereocenters. The van der Waals surface area contributed by atoms with Gasteiger partial charge in [0.1, 0.15) is 6.04 Å². The molecule has 0 radical (unpaired) electrons. The van der Waals surface area contributed by atoms with Gasteiger partial charge in [-0.1, -0.05) is 11.6 Å². The van der Waals surface area contributed by atoms with Gasteiger partial charge in [0.2, 0.25) is 11.9 Å². The van der Waals surface area contributed by atoms with Crippen LogP contribution in [0.4, 0.5) is 10.5 Å². The van der Waals surface area contributed by atoms with Gasteiger partial charge in [-0.05, 0) is 37.1 Å². The predicted molar refractivity (Wildman–Crippen MR) is 115 cm³/mol. The summed E-state index contributed by atoms with van der Waals surface area (Å²) >= 11 is 5.88. The molecule has 1 saturated carbocycles. The zero-order chi connectivity index (χ0) is 22.0.